The van der Waals surface area contributed by atoms with Gasteiger partial charge in [0.1, 0.15) is 0 Å². The molecule has 0 aliphatic carbocycles. The molecule has 0 fully saturated rings. The van der Waals surface area contributed by atoms with Gasteiger partial charge in [0, 0.05) is 31.9 Å². The smallest absolute Gasteiger partial charge is 0.304 e. The van der Waals surface area contributed by atoms with E-state index in [0.717, 1.165) is 12.1 Å². The van der Waals surface area contributed by atoms with Crippen molar-refractivity contribution in [3.8, 4) is 0 Å². The maximum absolute atomic E-state index is 13.4. The van der Waals surface area contributed by atoms with Crippen molar-refractivity contribution in [2.45, 2.75) is 18.2 Å². The lowest BCUT2D eigenvalue weighted by Crippen LogP contribution is -2.25. The average Bonchev–Trinajstić information content (AvgIpc) is 2.37. The number of nitro benzene ring substituents is 1. The van der Waals surface area contributed by atoms with Crippen LogP contribution in [0.3, 0.4) is 0 Å². The van der Waals surface area contributed by atoms with Gasteiger partial charge in [-0.2, -0.15) is 4.39 Å². The SMILES string of the molecule is CCOCCCNS(=O)(=O)c1ccc([N+](=O)[O-])c(F)c1. The first kappa shape index (κ1) is 16.5. The monoisotopic (exact) mass is 306 g/mol. The van der Waals surface area contributed by atoms with E-state index in [2.05, 4.69) is 4.72 Å². The molecule has 7 nitrogen and oxygen atoms in total. The number of nitrogens with one attached hydrogen (secondary N) is 1. The summed E-state index contributed by atoms with van der Waals surface area (Å²) in [5, 5.41) is 10.4. The van der Waals surface area contributed by atoms with Gasteiger partial charge in [0.25, 0.3) is 0 Å². The molecule has 0 bridgehead atoms. The summed E-state index contributed by atoms with van der Waals surface area (Å²) in [5.41, 5.74) is -0.764. The van der Waals surface area contributed by atoms with Crippen LogP contribution in [0.25, 0.3) is 0 Å². The van der Waals surface area contributed by atoms with Crippen LogP contribution in [0, 0.1) is 15.9 Å². The lowest BCUT2D eigenvalue weighted by Gasteiger charge is -2.07. The Morgan fingerprint density at radius 1 is 1.45 bits per heavy atom. The molecule has 0 aromatic heterocycles. The minimum absolute atomic E-state index is 0.140. The van der Waals surface area contributed by atoms with Gasteiger partial charge < -0.3 is 4.74 Å². The number of nitrogens with zero attached hydrogens (tertiary/aromatic N) is 1. The van der Waals surface area contributed by atoms with E-state index < -0.39 is 26.5 Å². The summed E-state index contributed by atoms with van der Waals surface area (Å²) in [6, 6.07) is 2.44. The molecule has 0 radical (unpaired) electrons. The minimum Gasteiger partial charge on any atom is -0.382 e. The normalized spacial score (nSPS) is 11.5. The summed E-state index contributed by atoms with van der Waals surface area (Å²) >= 11 is 0. The van der Waals surface area contributed by atoms with Gasteiger partial charge in [0.15, 0.2) is 0 Å². The highest BCUT2D eigenvalue weighted by Gasteiger charge is 2.20. The first-order valence-electron chi connectivity index (χ1n) is 5.90. The Hall–Kier alpha value is -1.58. The predicted molar refractivity (Wildman–Crippen MR) is 69.4 cm³/mol. The summed E-state index contributed by atoms with van der Waals surface area (Å²) in [4.78, 5) is 9.18. The predicted octanol–water partition coefficient (Wildman–Crippen LogP) is 1.44. The molecule has 112 valence electrons. The molecule has 1 aromatic carbocycles. The number of halogens is 1. The van der Waals surface area contributed by atoms with Gasteiger partial charge in [-0.25, -0.2) is 13.1 Å². The van der Waals surface area contributed by atoms with Crippen molar-refractivity contribution in [1.82, 2.24) is 4.72 Å². The number of sulfonamides is 1. The topological polar surface area (TPSA) is 98.5 Å². The maximum atomic E-state index is 13.4. The van der Waals surface area contributed by atoms with Crippen LogP contribution < -0.4 is 4.72 Å². The third-order valence-electron chi connectivity index (χ3n) is 2.39. The van der Waals surface area contributed by atoms with Crippen LogP contribution >= 0.6 is 0 Å². The second-order valence-electron chi connectivity index (χ2n) is 3.82. The molecule has 1 N–H and O–H groups in total. The summed E-state index contributed by atoms with van der Waals surface area (Å²) in [6.07, 6.45) is 0.475. The number of ether oxygens (including phenoxy) is 1. The Balaban J connectivity index is 2.73. The van der Waals surface area contributed by atoms with Gasteiger partial charge in [0.2, 0.25) is 15.8 Å². The zero-order chi connectivity index (χ0) is 15.2. The third kappa shape index (κ3) is 4.51. The van der Waals surface area contributed by atoms with E-state index in [1.54, 1.807) is 0 Å². The van der Waals surface area contributed by atoms with Crippen LogP contribution in [0.15, 0.2) is 23.1 Å². The molecule has 0 saturated carbocycles. The number of rotatable bonds is 8. The second kappa shape index (κ2) is 7.27. The highest BCUT2D eigenvalue weighted by Crippen LogP contribution is 2.20. The van der Waals surface area contributed by atoms with Crippen molar-refractivity contribution < 1.29 is 22.5 Å². The van der Waals surface area contributed by atoms with Crippen LogP contribution in [-0.2, 0) is 14.8 Å². The van der Waals surface area contributed by atoms with Crippen molar-refractivity contribution in [1.29, 1.82) is 0 Å². The maximum Gasteiger partial charge on any atom is 0.304 e. The fourth-order valence-electron chi connectivity index (χ4n) is 1.41. The van der Waals surface area contributed by atoms with Gasteiger partial charge in [-0.1, -0.05) is 0 Å². The first-order chi connectivity index (χ1) is 9.38. The van der Waals surface area contributed by atoms with Crippen LogP contribution in [0.5, 0.6) is 0 Å². The van der Waals surface area contributed by atoms with E-state index in [1.807, 2.05) is 6.92 Å². The van der Waals surface area contributed by atoms with Crippen molar-refractivity contribution in [2.24, 2.45) is 0 Å². The highest BCUT2D eigenvalue weighted by atomic mass is 32.2. The molecular weight excluding hydrogens is 291 g/mol. The summed E-state index contributed by atoms with van der Waals surface area (Å²) in [6.45, 7) is 2.92. The zero-order valence-electron chi connectivity index (χ0n) is 10.8. The van der Waals surface area contributed by atoms with E-state index in [1.165, 1.54) is 0 Å². The number of hydrogen-bond acceptors (Lipinski definition) is 5. The molecule has 1 rings (SSSR count). The van der Waals surface area contributed by atoms with Crippen molar-refractivity contribution in [3.63, 3.8) is 0 Å². The van der Waals surface area contributed by atoms with E-state index in [0.29, 0.717) is 25.7 Å². The molecule has 0 spiro atoms. The van der Waals surface area contributed by atoms with Gasteiger partial charge >= 0.3 is 5.69 Å². The van der Waals surface area contributed by atoms with Crippen molar-refractivity contribution in [2.75, 3.05) is 19.8 Å². The van der Waals surface area contributed by atoms with Crippen LogP contribution in [0.4, 0.5) is 10.1 Å². The summed E-state index contributed by atoms with van der Waals surface area (Å²) in [7, 11) is -3.88. The summed E-state index contributed by atoms with van der Waals surface area (Å²) < 4.78 is 44.3. The highest BCUT2D eigenvalue weighted by molar-refractivity contribution is 7.89. The molecule has 0 saturated heterocycles. The molecule has 0 amide bonds. The number of benzene rings is 1. The molecule has 0 aliphatic rings. The Morgan fingerprint density at radius 3 is 2.70 bits per heavy atom. The molecule has 9 heteroatoms. The van der Waals surface area contributed by atoms with E-state index in [-0.39, 0.29) is 11.4 Å². The summed E-state index contributed by atoms with van der Waals surface area (Å²) in [5.74, 6) is -1.19. The van der Waals surface area contributed by atoms with Crippen molar-refractivity contribution in [3.05, 3.63) is 34.1 Å². The third-order valence-corrected chi connectivity index (χ3v) is 3.85. The lowest BCUT2D eigenvalue weighted by molar-refractivity contribution is -0.387. The van der Waals surface area contributed by atoms with E-state index >= 15 is 0 Å². The fraction of sp³-hybridized carbons (Fsp3) is 0.455. The molecule has 0 heterocycles. The standard InChI is InChI=1S/C11H15FN2O5S/c1-2-19-7-3-6-13-20(17,18)9-4-5-11(14(15)16)10(12)8-9/h4-5,8,13H,2-3,6-7H2,1H3. The molecule has 20 heavy (non-hydrogen) atoms. The minimum atomic E-state index is -3.88. The largest absolute Gasteiger partial charge is 0.382 e. The van der Waals surface area contributed by atoms with E-state index in [9.17, 15) is 22.9 Å². The molecule has 0 atom stereocenters. The quantitative estimate of drug-likeness (QED) is 0.445. The molecule has 0 unspecified atom stereocenters. The molecular formula is C11H15FN2O5S. The molecule has 0 aliphatic heterocycles. The lowest BCUT2D eigenvalue weighted by atomic mass is 10.3. The van der Waals surface area contributed by atoms with Crippen LogP contribution in [0.1, 0.15) is 13.3 Å². The fourth-order valence-corrected chi connectivity index (χ4v) is 2.50. The van der Waals surface area contributed by atoms with Crippen LogP contribution in [0.2, 0.25) is 0 Å². The van der Waals surface area contributed by atoms with Gasteiger partial charge in [-0.05, 0) is 19.4 Å². The molecule has 1 aromatic rings. The zero-order valence-corrected chi connectivity index (χ0v) is 11.7. The van der Waals surface area contributed by atoms with Crippen LogP contribution in [-0.4, -0.2) is 33.1 Å². The number of nitro groups is 1. The van der Waals surface area contributed by atoms with Gasteiger partial charge in [-0.15, -0.1) is 0 Å². The first-order valence-corrected chi connectivity index (χ1v) is 7.38. The second-order valence-corrected chi connectivity index (χ2v) is 5.59. The number of hydrogen-bond donors (Lipinski definition) is 1. The van der Waals surface area contributed by atoms with Crippen molar-refractivity contribution >= 4 is 15.7 Å². The van der Waals surface area contributed by atoms with Gasteiger partial charge in [0.05, 0.1) is 9.82 Å². The Kier molecular flexibility index (Phi) is 5.99. The Morgan fingerprint density at radius 2 is 2.15 bits per heavy atom. The van der Waals surface area contributed by atoms with Gasteiger partial charge in [-0.3, -0.25) is 10.1 Å². The Bertz CT molecular complexity index is 576. The Labute approximate surface area is 115 Å². The average molecular weight is 306 g/mol. The van der Waals surface area contributed by atoms with E-state index in [4.69, 9.17) is 4.74 Å².